The van der Waals surface area contributed by atoms with Crippen molar-refractivity contribution in [1.82, 2.24) is 15.0 Å². The molecule has 0 radical (unpaired) electrons. The molecule has 0 amide bonds. The van der Waals surface area contributed by atoms with Crippen LogP contribution in [-0.4, -0.2) is 15.0 Å². The minimum absolute atomic E-state index is 0.403. The quantitative estimate of drug-likeness (QED) is 0.799. The molecule has 0 aromatic carbocycles. The first-order chi connectivity index (χ1) is 6.61. The molecule has 0 spiro atoms. The Hall–Kier alpha value is -0.900. The summed E-state index contributed by atoms with van der Waals surface area (Å²) in [5.74, 6) is 0.428. The third kappa shape index (κ3) is 1.95. The predicted octanol–water partition coefficient (Wildman–Crippen LogP) is 1.83. The first-order valence-corrected chi connectivity index (χ1v) is 5.25. The van der Waals surface area contributed by atoms with Gasteiger partial charge < -0.3 is 5.73 Å². The molecule has 4 heteroatoms. The predicted molar refractivity (Wildman–Crippen MR) is 57.0 cm³/mol. The molecule has 1 rings (SSSR count). The van der Waals surface area contributed by atoms with E-state index in [1.165, 1.54) is 5.69 Å². The Kier molecular flexibility index (Phi) is 3.63. The molecular weight excluding hydrogens is 176 g/mol. The van der Waals surface area contributed by atoms with Crippen molar-refractivity contribution in [2.24, 2.45) is 5.73 Å². The first kappa shape index (κ1) is 11.2. The average Bonchev–Trinajstić information content (AvgIpc) is 2.59. The zero-order valence-corrected chi connectivity index (χ0v) is 9.49. The maximum absolute atomic E-state index is 5.63. The van der Waals surface area contributed by atoms with E-state index in [2.05, 4.69) is 38.0 Å². The van der Waals surface area contributed by atoms with Crippen molar-refractivity contribution in [1.29, 1.82) is 0 Å². The molecule has 0 fully saturated rings. The molecule has 0 aliphatic rings. The van der Waals surface area contributed by atoms with Gasteiger partial charge in [-0.05, 0) is 19.3 Å². The van der Waals surface area contributed by atoms with Crippen molar-refractivity contribution in [3.8, 4) is 0 Å². The largest absolute Gasteiger partial charge is 0.325 e. The standard InChI is InChI=1S/C10H20N4/c1-5-8(4)14-10(7(2)3)9(6-11)12-13-14/h7-8H,5-6,11H2,1-4H3. The van der Waals surface area contributed by atoms with Crippen molar-refractivity contribution < 1.29 is 0 Å². The van der Waals surface area contributed by atoms with Gasteiger partial charge in [-0.3, -0.25) is 0 Å². The molecule has 1 atom stereocenters. The lowest BCUT2D eigenvalue weighted by Crippen LogP contribution is -2.12. The van der Waals surface area contributed by atoms with E-state index in [1.54, 1.807) is 0 Å². The maximum atomic E-state index is 5.63. The fraction of sp³-hybridized carbons (Fsp3) is 0.800. The molecule has 0 bridgehead atoms. The van der Waals surface area contributed by atoms with Crippen LogP contribution in [0.2, 0.25) is 0 Å². The summed E-state index contributed by atoms with van der Waals surface area (Å²) in [6.07, 6.45) is 1.06. The Bertz CT molecular complexity index is 290. The molecule has 80 valence electrons. The molecule has 1 aromatic rings. The van der Waals surface area contributed by atoms with E-state index in [9.17, 15) is 0 Å². The summed E-state index contributed by atoms with van der Waals surface area (Å²) in [6, 6.07) is 0.403. The van der Waals surface area contributed by atoms with E-state index in [0.29, 0.717) is 18.5 Å². The van der Waals surface area contributed by atoms with Crippen molar-refractivity contribution in [3.63, 3.8) is 0 Å². The Morgan fingerprint density at radius 3 is 2.43 bits per heavy atom. The van der Waals surface area contributed by atoms with E-state index in [1.807, 2.05) is 4.68 Å². The smallest absolute Gasteiger partial charge is 0.0997 e. The summed E-state index contributed by atoms with van der Waals surface area (Å²) in [7, 11) is 0. The minimum atomic E-state index is 0.403. The van der Waals surface area contributed by atoms with Crippen molar-refractivity contribution in [2.45, 2.75) is 52.6 Å². The Morgan fingerprint density at radius 1 is 1.36 bits per heavy atom. The number of rotatable bonds is 4. The summed E-state index contributed by atoms with van der Waals surface area (Å²) >= 11 is 0. The monoisotopic (exact) mass is 196 g/mol. The maximum Gasteiger partial charge on any atom is 0.0997 e. The topological polar surface area (TPSA) is 56.7 Å². The summed E-state index contributed by atoms with van der Waals surface area (Å²) in [4.78, 5) is 0. The van der Waals surface area contributed by atoms with Crippen LogP contribution in [0.15, 0.2) is 0 Å². The second-order valence-electron chi connectivity index (χ2n) is 3.98. The normalized spacial score (nSPS) is 13.6. The zero-order chi connectivity index (χ0) is 10.7. The van der Waals surface area contributed by atoms with Gasteiger partial charge in [-0.15, -0.1) is 5.10 Å². The molecule has 0 aliphatic carbocycles. The molecular formula is C10H20N4. The lowest BCUT2D eigenvalue weighted by Gasteiger charge is -2.15. The summed E-state index contributed by atoms with van der Waals surface area (Å²) < 4.78 is 2.01. The third-order valence-electron chi connectivity index (χ3n) is 2.55. The molecule has 0 saturated carbocycles. The van der Waals surface area contributed by atoms with Crippen LogP contribution >= 0.6 is 0 Å². The Labute approximate surface area is 85.5 Å². The van der Waals surface area contributed by atoms with Crippen LogP contribution in [-0.2, 0) is 6.54 Å². The van der Waals surface area contributed by atoms with Crippen molar-refractivity contribution in [3.05, 3.63) is 11.4 Å². The summed E-state index contributed by atoms with van der Waals surface area (Å²) in [6.45, 7) is 9.08. The second kappa shape index (κ2) is 4.55. The van der Waals surface area contributed by atoms with Crippen LogP contribution in [0.4, 0.5) is 0 Å². The van der Waals surface area contributed by atoms with Gasteiger partial charge in [0.1, 0.15) is 0 Å². The van der Waals surface area contributed by atoms with E-state index < -0.39 is 0 Å². The highest BCUT2D eigenvalue weighted by atomic mass is 15.4. The number of hydrogen-bond donors (Lipinski definition) is 1. The Morgan fingerprint density at radius 2 is 2.00 bits per heavy atom. The number of nitrogens with zero attached hydrogens (tertiary/aromatic N) is 3. The molecule has 0 aliphatic heterocycles. The van der Waals surface area contributed by atoms with Crippen LogP contribution in [0.25, 0.3) is 0 Å². The molecule has 1 heterocycles. The third-order valence-corrected chi connectivity index (χ3v) is 2.55. The molecule has 2 N–H and O–H groups in total. The number of aromatic nitrogens is 3. The highest BCUT2D eigenvalue weighted by Gasteiger charge is 2.17. The molecule has 1 aromatic heterocycles. The summed E-state index contributed by atoms with van der Waals surface area (Å²) in [5.41, 5.74) is 7.74. The van der Waals surface area contributed by atoms with Crippen molar-refractivity contribution in [2.75, 3.05) is 0 Å². The minimum Gasteiger partial charge on any atom is -0.325 e. The number of hydrogen-bond acceptors (Lipinski definition) is 3. The van der Waals surface area contributed by atoms with E-state index in [4.69, 9.17) is 5.73 Å². The van der Waals surface area contributed by atoms with Gasteiger partial charge in [0.25, 0.3) is 0 Å². The molecule has 4 nitrogen and oxygen atoms in total. The number of nitrogens with two attached hydrogens (primary N) is 1. The summed E-state index contributed by atoms with van der Waals surface area (Å²) in [5, 5.41) is 8.28. The van der Waals surface area contributed by atoms with E-state index in [-0.39, 0.29) is 0 Å². The molecule has 0 saturated heterocycles. The molecule has 14 heavy (non-hydrogen) atoms. The van der Waals surface area contributed by atoms with E-state index >= 15 is 0 Å². The van der Waals surface area contributed by atoms with Crippen LogP contribution in [0.5, 0.6) is 0 Å². The van der Waals surface area contributed by atoms with Gasteiger partial charge in [0.15, 0.2) is 0 Å². The average molecular weight is 196 g/mol. The van der Waals surface area contributed by atoms with Gasteiger partial charge in [-0.1, -0.05) is 26.0 Å². The van der Waals surface area contributed by atoms with Gasteiger partial charge >= 0.3 is 0 Å². The fourth-order valence-corrected chi connectivity index (χ4v) is 1.58. The van der Waals surface area contributed by atoms with E-state index in [0.717, 1.165) is 12.1 Å². The lowest BCUT2D eigenvalue weighted by atomic mass is 10.1. The van der Waals surface area contributed by atoms with Crippen LogP contribution in [0.1, 0.15) is 57.5 Å². The van der Waals surface area contributed by atoms with Crippen LogP contribution in [0.3, 0.4) is 0 Å². The second-order valence-corrected chi connectivity index (χ2v) is 3.98. The fourth-order valence-electron chi connectivity index (χ4n) is 1.58. The van der Waals surface area contributed by atoms with Gasteiger partial charge in [-0.2, -0.15) is 0 Å². The highest BCUT2D eigenvalue weighted by Crippen LogP contribution is 2.21. The zero-order valence-electron chi connectivity index (χ0n) is 9.49. The van der Waals surface area contributed by atoms with Gasteiger partial charge in [0.05, 0.1) is 17.4 Å². The molecule has 1 unspecified atom stereocenters. The Balaban J connectivity index is 3.10. The lowest BCUT2D eigenvalue weighted by molar-refractivity contribution is 0.441. The van der Waals surface area contributed by atoms with Crippen LogP contribution < -0.4 is 5.73 Å². The van der Waals surface area contributed by atoms with Crippen LogP contribution in [0, 0.1) is 0 Å². The van der Waals surface area contributed by atoms with Gasteiger partial charge in [0, 0.05) is 6.54 Å². The first-order valence-electron chi connectivity index (χ1n) is 5.25. The van der Waals surface area contributed by atoms with Gasteiger partial charge in [0.2, 0.25) is 0 Å². The SMILES string of the molecule is CCC(C)n1nnc(CN)c1C(C)C. The van der Waals surface area contributed by atoms with Crippen molar-refractivity contribution >= 4 is 0 Å². The highest BCUT2D eigenvalue weighted by molar-refractivity contribution is 5.14. The van der Waals surface area contributed by atoms with Gasteiger partial charge in [-0.25, -0.2) is 4.68 Å².